The number of thioether (sulfide) groups is 1. The Morgan fingerprint density at radius 3 is 2.65 bits per heavy atom. The number of aromatic nitrogens is 5. The predicted molar refractivity (Wildman–Crippen MR) is 115 cm³/mol. The SMILES string of the molecule is COC(=O)[C@H](CSc1ncccn1)NC(=O)c1ccc2nc(-c3ccncc3)[nH]c2c1. The molecule has 0 bridgehead atoms. The monoisotopic (exact) mass is 434 g/mol. The third kappa shape index (κ3) is 4.86. The summed E-state index contributed by atoms with van der Waals surface area (Å²) in [5, 5.41) is 3.23. The van der Waals surface area contributed by atoms with Gasteiger partial charge in [0, 0.05) is 41.7 Å². The molecule has 0 aliphatic carbocycles. The van der Waals surface area contributed by atoms with Gasteiger partial charge in [0.1, 0.15) is 11.9 Å². The van der Waals surface area contributed by atoms with E-state index in [4.69, 9.17) is 4.74 Å². The van der Waals surface area contributed by atoms with Crippen LogP contribution in [0.1, 0.15) is 10.4 Å². The summed E-state index contributed by atoms with van der Waals surface area (Å²) in [6.45, 7) is 0. The molecule has 4 rings (SSSR count). The zero-order valence-electron chi connectivity index (χ0n) is 16.5. The Kier molecular flexibility index (Phi) is 6.18. The third-order valence-electron chi connectivity index (χ3n) is 4.41. The average molecular weight is 434 g/mol. The van der Waals surface area contributed by atoms with Gasteiger partial charge < -0.3 is 15.0 Å². The fourth-order valence-corrected chi connectivity index (χ4v) is 3.67. The minimum Gasteiger partial charge on any atom is -0.467 e. The molecule has 0 saturated carbocycles. The maximum absolute atomic E-state index is 12.8. The van der Waals surface area contributed by atoms with Crippen molar-refractivity contribution < 1.29 is 14.3 Å². The van der Waals surface area contributed by atoms with Crippen molar-refractivity contribution in [3.63, 3.8) is 0 Å². The van der Waals surface area contributed by atoms with Crippen LogP contribution in [0.5, 0.6) is 0 Å². The second-order valence-corrected chi connectivity index (χ2v) is 7.43. The number of ether oxygens (including phenoxy) is 1. The summed E-state index contributed by atoms with van der Waals surface area (Å²) < 4.78 is 4.83. The molecule has 1 atom stereocenters. The number of H-pyrrole nitrogens is 1. The molecule has 3 heterocycles. The zero-order valence-corrected chi connectivity index (χ0v) is 17.3. The minimum absolute atomic E-state index is 0.237. The van der Waals surface area contributed by atoms with E-state index in [0.717, 1.165) is 11.1 Å². The van der Waals surface area contributed by atoms with Gasteiger partial charge >= 0.3 is 5.97 Å². The van der Waals surface area contributed by atoms with Crippen LogP contribution in [0.3, 0.4) is 0 Å². The number of esters is 1. The van der Waals surface area contributed by atoms with E-state index < -0.39 is 17.9 Å². The van der Waals surface area contributed by atoms with E-state index in [1.54, 1.807) is 49.1 Å². The van der Waals surface area contributed by atoms with Crippen LogP contribution in [0.4, 0.5) is 0 Å². The number of aromatic amines is 1. The Morgan fingerprint density at radius 1 is 1.13 bits per heavy atom. The second kappa shape index (κ2) is 9.35. The number of fused-ring (bicyclic) bond motifs is 1. The number of imidazole rings is 1. The molecule has 1 amide bonds. The molecular formula is C21H18N6O3S. The van der Waals surface area contributed by atoms with Crippen LogP contribution in [-0.2, 0) is 9.53 Å². The molecule has 0 radical (unpaired) electrons. The van der Waals surface area contributed by atoms with Gasteiger partial charge in [0.25, 0.3) is 5.91 Å². The first-order valence-electron chi connectivity index (χ1n) is 9.32. The van der Waals surface area contributed by atoms with Crippen LogP contribution in [0.2, 0.25) is 0 Å². The minimum atomic E-state index is -0.851. The van der Waals surface area contributed by atoms with E-state index in [1.165, 1.54) is 18.9 Å². The van der Waals surface area contributed by atoms with Crippen LogP contribution in [-0.4, -0.2) is 55.7 Å². The highest BCUT2D eigenvalue weighted by atomic mass is 32.2. The summed E-state index contributed by atoms with van der Waals surface area (Å²) >= 11 is 1.25. The third-order valence-corrected chi connectivity index (χ3v) is 5.38. The highest BCUT2D eigenvalue weighted by Crippen LogP contribution is 2.21. The molecule has 0 aliphatic rings. The maximum atomic E-state index is 12.8. The topological polar surface area (TPSA) is 123 Å². The first-order valence-corrected chi connectivity index (χ1v) is 10.3. The van der Waals surface area contributed by atoms with E-state index in [0.29, 0.717) is 22.1 Å². The number of hydrogen-bond acceptors (Lipinski definition) is 8. The number of amides is 1. The molecule has 156 valence electrons. The van der Waals surface area contributed by atoms with Crippen molar-refractivity contribution in [3.05, 3.63) is 66.7 Å². The van der Waals surface area contributed by atoms with Crippen molar-refractivity contribution in [2.75, 3.05) is 12.9 Å². The number of methoxy groups -OCH3 is 1. The molecule has 10 heteroatoms. The Morgan fingerprint density at radius 2 is 1.90 bits per heavy atom. The van der Waals surface area contributed by atoms with Crippen LogP contribution < -0.4 is 5.32 Å². The highest BCUT2D eigenvalue weighted by molar-refractivity contribution is 7.99. The summed E-state index contributed by atoms with van der Waals surface area (Å²) in [7, 11) is 1.28. The normalized spacial score (nSPS) is 11.8. The largest absolute Gasteiger partial charge is 0.467 e. The molecule has 2 N–H and O–H groups in total. The van der Waals surface area contributed by atoms with Gasteiger partial charge in [-0.25, -0.2) is 19.7 Å². The number of pyridine rings is 1. The molecule has 0 spiro atoms. The van der Waals surface area contributed by atoms with Gasteiger partial charge in [-0.15, -0.1) is 0 Å². The molecule has 1 aromatic carbocycles. The molecule has 3 aromatic heterocycles. The van der Waals surface area contributed by atoms with E-state index in [-0.39, 0.29) is 5.75 Å². The lowest BCUT2D eigenvalue weighted by Gasteiger charge is -2.15. The van der Waals surface area contributed by atoms with Crippen molar-refractivity contribution in [2.45, 2.75) is 11.2 Å². The Labute approximate surface area is 181 Å². The molecule has 31 heavy (non-hydrogen) atoms. The molecule has 4 aromatic rings. The van der Waals surface area contributed by atoms with Crippen LogP contribution in [0, 0.1) is 0 Å². The van der Waals surface area contributed by atoms with E-state index >= 15 is 0 Å². The number of hydrogen-bond donors (Lipinski definition) is 2. The van der Waals surface area contributed by atoms with E-state index in [2.05, 4.69) is 30.2 Å². The van der Waals surface area contributed by atoms with E-state index in [1.807, 2.05) is 12.1 Å². The summed E-state index contributed by atoms with van der Waals surface area (Å²) in [5.74, 6) is -0.0195. The smallest absolute Gasteiger partial charge is 0.329 e. The van der Waals surface area contributed by atoms with Crippen LogP contribution in [0.25, 0.3) is 22.4 Å². The fourth-order valence-electron chi connectivity index (χ4n) is 2.87. The number of rotatable bonds is 7. The second-order valence-electron chi connectivity index (χ2n) is 6.44. The van der Waals surface area contributed by atoms with Crippen LogP contribution in [0.15, 0.2) is 66.3 Å². The molecule has 0 aliphatic heterocycles. The zero-order chi connectivity index (χ0) is 21.6. The van der Waals surface area contributed by atoms with Crippen molar-refractivity contribution >= 4 is 34.7 Å². The van der Waals surface area contributed by atoms with Crippen molar-refractivity contribution in [3.8, 4) is 11.4 Å². The van der Waals surface area contributed by atoms with Gasteiger partial charge in [0.2, 0.25) is 0 Å². The molecule has 0 fully saturated rings. The van der Waals surface area contributed by atoms with Gasteiger partial charge in [-0.2, -0.15) is 0 Å². The Balaban J connectivity index is 1.50. The molecular weight excluding hydrogens is 416 g/mol. The van der Waals surface area contributed by atoms with Gasteiger partial charge in [-0.05, 0) is 36.4 Å². The first kappa shape index (κ1) is 20.5. The lowest BCUT2D eigenvalue weighted by Crippen LogP contribution is -2.43. The van der Waals surface area contributed by atoms with Gasteiger partial charge in [0.05, 0.1) is 18.1 Å². The number of carbonyl (C=O) groups excluding carboxylic acids is 2. The van der Waals surface area contributed by atoms with E-state index in [9.17, 15) is 9.59 Å². The number of nitrogens with zero attached hydrogens (tertiary/aromatic N) is 4. The number of carbonyl (C=O) groups is 2. The lowest BCUT2D eigenvalue weighted by atomic mass is 10.1. The van der Waals surface area contributed by atoms with Crippen LogP contribution >= 0.6 is 11.8 Å². The molecule has 0 unspecified atom stereocenters. The predicted octanol–water partition coefficient (Wildman–Crippen LogP) is 2.48. The summed E-state index contributed by atoms with van der Waals surface area (Å²) in [4.78, 5) is 44.9. The van der Waals surface area contributed by atoms with Crippen molar-refractivity contribution in [2.24, 2.45) is 0 Å². The quantitative estimate of drug-likeness (QED) is 0.258. The van der Waals surface area contributed by atoms with Gasteiger partial charge in [-0.3, -0.25) is 9.78 Å². The molecule has 0 saturated heterocycles. The number of nitrogens with one attached hydrogen (secondary N) is 2. The average Bonchev–Trinajstić information content (AvgIpc) is 3.26. The summed E-state index contributed by atoms with van der Waals surface area (Å²) in [5.41, 5.74) is 2.72. The summed E-state index contributed by atoms with van der Waals surface area (Å²) in [6.07, 6.45) is 6.60. The lowest BCUT2D eigenvalue weighted by molar-refractivity contribution is -0.142. The summed E-state index contributed by atoms with van der Waals surface area (Å²) in [6, 6.07) is 9.67. The Bertz CT molecular complexity index is 1200. The van der Waals surface area contributed by atoms with Crippen molar-refractivity contribution in [1.82, 2.24) is 30.2 Å². The van der Waals surface area contributed by atoms with Gasteiger partial charge in [-0.1, -0.05) is 11.8 Å². The molecule has 9 nitrogen and oxygen atoms in total. The standard InChI is InChI=1S/C21H18N6O3S/c1-30-20(29)17(12-31-21-23-7-2-8-24-21)27-19(28)14-3-4-15-16(11-14)26-18(25-15)13-5-9-22-10-6-13/h2-11,17H,12H2,1H3,(H,25,26)(H,27,28)/t17-/m0/s1. The highest BCUT2D eigenvalue weighted by Gasteiger charge is 2.23. The van der Waals surface area contributed by atoms with Crippen molar-refractivity contribution in [1.29, 1.82) is 0 Å². The first-order chi connectivity index (χ1) is 15.1. The fraction of sp³-hybridized carbons (Fsp3) is 0.143. The Hall–Kier alpha value is -3.79. The maximum Gasteiger partial charge on any atom is 0.329 e. The van der Waals surface area contributed by atoms with Gasteiger partial charge in [0.15, 0.2) is 5.16 Å². The number of benzene rings is 1.